The summed E-state index contributed by atoms with van der Waals surface area (Å²) in [7, 11) is 0. The minimum atomic E-state index is -0.668. The van der Waals surface area contributed by atoms with Gasteiger partial charge in [-0.1, -0.05) is 23.7 Å². The number of carbonyl (C=O) groups excluding carboxylic acids is 2. The molecule has 19 heavy (non-hydrogen) atoms. The summed E-state index contributed by atoms with van der Waals surface area (Å²) >= 11 is 5.79. The van der Waals surface area contributed by atoms with E-state index in [1.807, 2.05) is 0 Å². The van der Waals surface area contributed by atoms with Crippen LogP contribution in [0, 0.1) is 5.82 Å². The molecule has 94 valence electrons. The van der Waals surface area contributed by atoms with E-state index >= 15 is 0 Å². The van der Waals surface area contributed by atoms with E-state index in [4.69, 9.17) is 11.6 Å². The number of amides is 2. The van der Waals surface area contributed by atoms with E-state index in [2.05, 4.69) is 0 Å². The Balaban J connectivity index is 2.17. The highest BCUT2D eigenvalue weighted by Crippen LogP contribution is 2.31. The molecule has 5 heteroatoms. The summed E-state index contributed by atoms with van der Waals surface area (Å²) in [6.07, 6.45) is 0. The molecular formula is C14H7ClFNO2. The van der Waals surface area contributed by atoms with Gasteiger partial charge in [-0.05, 0) is 30.3 Å². The van der Waals surface area contributed by atoms with Crippen molar-refractivity contribution in [2.24, 2.45) is 0 Å². The Morgan fingerprint density at radius 1 is 0.947 bits per heavy atom. The topological polar surface area (TPSA) is 37.4 Å². The van der Waals surface area contributed by atoms with Crippen LogP contribution in [0.15, 0.2) is 42.5 Å². The van der Waals surface area contributed by atoms with Crippen LogP contribution in [0.2, 0.25) is 5.02 Å². The largest absolute Gasteiger partial charge is 0.268 e. The monoisotopic (exact) mass is 275 g/mol. The highest BCUT2D eigenvalue weighted by Gasteiger charge is 2.37. The van der Waals surface area contributed by atoms with E-state index in [0.29, 0.717) is 0 Å². The van der Waals surface area contributed by atoms with Gasteiger partial charge >= 0.3 is 0 Å². The molecule has 0 aliphatic carbocycles. The average Bonchev–Trinajstić information content (AvgIpc) is 2.66. The molecule has 1 aliphatic heterocycles. The van der Waals surface area contributed by atoms with Crippen molar-refractivity contribution in [1.82, 2.24) is 0 Å². The van der Waals surface area contributed by atoms with E-state index in [-0.39, 0.29) is 21.8 Å². The highest BCUT2D eigenvalue weighted by molar-refractivity contribution is 6.35. The number of imide groups is 1. The lowest BCUT2D eigenvalue weighted by atomic mass is 10.1. The lowest BCUT2D eigenvalue weighted by molar-refractivity contribution is 0.0925. The molecule has 0 radical (unpaired) electrons. The zero-order valence-corrected chi connectivity index (χ0v) is 10.3. The standard InChI is InChI=1S/C14H7ClFNO2/c15-8-5-6-11(16)12(7-8)17-13(18)9-3-1-2-4-10(9)14(17)19/h1-7H. The molecule has 0 saturated carbocycles. The second-order valence-electron chi connectivity index (χ2n) is 4.09. The number of hydrogen-bond acceptors (Lipinski definition) is 2. The second-order valence-corrected chi connectivity index (χ2v) is 4.52. The summed E-state index contributed by atoms with van der Waals surface area (Å²) in [6, 6.07) is 10.1. The van der Waals surface area contributed by atoms with Gasteiger partial charge in [-0.2, -0.15) is 0 Å². The molecule has 0 spiro atoms. The van der Waals surface area contributed by atoms with E-state index in [9.17, 15) is 14.0 Å². The molecule has 1 heterocycles. The molecule has 3 rings (SSSR count). The van der Waals surface area contributed by atoms with Crippen LogP contribution in [0.5, 0.6) is 0 Å². The van der Waals surface area contributed by atoms with Gasteiger partial charge in [0, 0.05) is 5.02 Å². The Labute approximate surface area is 113 Å². The molecule has 1 aliphatic rings. The van der Waals surface area contributed by atoms with Crippen LogP contribution in [-0.2, 0) is 0 Å². The van der Waals surface area contributed by atoms with Crippen LogP contribution >= 0.6 is 11.6 Å². The number of anilines is 1. The predicted molar refractivity (Wildman–Crippen MR) is 69.0 cm³/mol. The van der Waals surface area contributed by atoms with Crippen molar-refractivity contribution in [3.8, 4) is 0 Å². The van der Waals surface area contributed by atoms with Gasteiger partial charge in [0.1, 0.15) is 5.82 Å². The first-order chi connectivity index (χ1) is 9.09. The Kier molecular flexibility index (Phi) is 2.61. The van der Waals surface area contributed by atoms with Gasteiger partial charge in [-0.3, -0.25) is 9.59 Å². The number of halogens is 2. The van der Waals surface area contributed by atoms with E-state index in [0.717, 1.165) is 11.0 Å². The van der Waals surface area contributed by atoms with E-state index in [1.54, 1.807) is 12.1 Å². The van der Waals surface area contributed by atoms with Gasteiger partial charge in [0.2, 0.25) is 0 Å². The minimum absolute atomic E-state index is 0.126. The molecule has 2 amide bonds. The summed E-state index contributed by atoms with van der Waals surface area (Å²) in [6.45, 7) is 0. The molecule has 0 aromatic heterocycles. The van der Waals surface area contributed by atoms with Crippen molar-refractivity contribution in [3.05, 3.63) is 64.4 Å². The predicted octanol–water partition coefficient (Wildman–Crippen LogP) is 3.28. The Bertz CT molecular complexity index is 679. The van der Waals surface area contributed by atoms with Gasteiger partial charge in [0.05, 0.1) is 16.8 Å². The third kappa shape index (κ3) is 1.72. The van der Waals surface area contributed by atoms with Gasteiger partial charge in [0.25, 0.3) is 11.8 Å². The first kappa shape index (κ1) is 11.9. The number of carbonyl (C=O) groups is 2. The SMILES string of the molecule is O=C1c2ccccc2C(=O)N1c1cc(Cl)ccc1F. The van der Waals surface area contributed by atoms with Gasteiger partial charge in [-0.15, -0.1) is 0 Å². The normalized spacial score (nSPS) is 13.9. The molecule has 0 fully saturated rings. The Hall–Kier alpha value is -2.20. The lowest BCUT2D eigenvalue weighted by Crippen LogP contribution is -2.30. The fourth-order valence-electron chi connectivity index (χ4n) is 2.07. The highest BCUT2D eigenvalue weighted by atomic mass is 35.5. The zero-order chi connectivity index (χ0) is 13.6. The molecule has 0 unspecified atom stereocenters. The maximum absolute atomic E-state index is 13.8. The Morgan fingerprint density at radius 3 is 2.11 bits per heavy atom. The average molecular weight is 276 g/mol. The molecule has 0 atom stereocenters. The maximum Gasteiger partial charge on any atom is 0.266 e. The van der Waals surface area contributed by atoms with Crippen molar-refractivity contribution in [3.63, 3.8) is 0 Å². The summed E-state index contributed by atoms with van der Waals surface area (Å²) in [5.41, 5.74) is 0.414. The van der Waals surface area contributed by atoms with Crippen molar-refractivity contribution < 1.29 is 14.0 Å². The number of nitrogens with zero attached hydrogens (tertiary/aromatic N) is 1. The number of hydrogen-bond donors (Lipinski definition) is 0. The lowest BCUT2D eigenvalue weighted by Gasteiger charge is -2.14. The molecule has 0 bridgehead atoms. The van der Waals surface area contributed by atoms with Crippen molar-refractivity contribution in [2.75, 3.05) is 4.90 Å². The van der Waals surface area contributed by atoms with Crippen LogP contribution in [-0.4, -0.2) is 11.8 Å². The second kappa shape index (κ2) is 4.17. The zero-order valence-electron chi connectivity index (χ0n) is 9.56. The number of fused-ring (bicyclic) bond motifs is 1. The minimum Gasteiger partial charge on any atom is -0.268 e. The summed E-state index contributed by atoms with van der Waals surface area (Å²) in [5.74, 6) is -1.75. The van der Waals surface area contributed by atoms with E-state index < -0.39 is 17.6 Å². The molecule has 0 saturated heterocycles. The maximum atomic E-state index is 13.8. The first-order valence-electron chi connectivity index (χ1n) is 5.52. The summed E-state index contributed by atoms with van der Waals surface area (Å²) < 4.78 is 13.8. The van der Waals surface area contributed by atoms with Crippen molar-refractivity contribution in [1.29, 1.82) is 0 Å². The van der Waals surface area contributed by atoms with Gasteiger partial charge in [-0.25, -0.2) is 9.29 Å². The van der Waals surface area contributed by atoms with E-state index in [1.165, 1.54) is 24.3 Å². The Morgan fingerprint density at radius 2 is 1.53 bits per heavy atom. The van der Waals surface area contributed by atoms with Crippen LogP contribution in [0.25, 0.3) is 0 Å². The van der Waals surface area contributed by atoms with Gasteiger partial charge in [0.15, 0.2) is 0 Å². The van der Waals surface area contributed by atoms with Crippen molar-refractivity contribution >= 4 is 29.1 Å². The molecule has 3 nitrogen and oxygen atoms in total. The molecule has 0 N–H and O–H groups in total. The van der Waals surface area contributed by atoms with Crippen molar-refractivity contribution in [2.45, 2.75) is 0 Å². The van der Waals surface area contributed by atoms with Gasteiger partial charge < -0.3 is 0 Å². The molecule has 2 aromatic carbocycles. The van der Waals surface area contributed by atoms with Crippen LogP contribution < -0.4 is 4.90 Å². The molecular weight excluding hydrogens is 269 g/mol. The number of rotatable bonds is 1. The first-order valence-corrected chi connectivity index (χ1v) is 5.90. The number of benzene rings is 2. The third-order valence-electron chi connectivity index (χ3n) is 2.94. The third-order valence-corrected chi connectivity index (χ3v) is 3.18. The quantitative estimate of drug-likeness (QED) is 0.749. The van der Waals surface area contributed by atoms with Crippen LogP contribution in [0.1, 0.15) is 20.7 Å². The molecule has 2 aromatic rings. The smallest absolute Gasteiger partial charge is 0.266 e. The summed E-state index contributed by atoms with van der Waals surface area (Å²) in [5, 5.41) is 0.257. The fraction of sp³-hybridized carbons (Fsp3) is 0. The van der Waals surface area contributed by atoms with Crippen LogP contribution in [0.3, 0.4) is 0 Å². The fourth-order valence-corrected chi connectivity index (χ4v) is 2.23. The van der Waals surface area contributed by atoms with Crippen LogP contribution in [0.4, 0.5) is 10.1 Å². The summed E-state index contributed by atoms with van der Waals surface area (Å²) in [4.78, 5) is 25.1.